The van der Waals surface area contributed by atoms with Crippen LogP contribution >= 0.6 is 0 Å². The first kappa shape index (κ1) is 13.3. The molecule has 0 aliphatic carbocycles. The molecule has 98 valence electrons. The van der Waals surface area contributed by atoms with Crippen molar-refractivity contribution in [2.45, 2.75) is 20.3 Å². The number of amides is 1. The molecule has 1 atom stereocenters. The Morgan fingerprint density at radius 1 is 1.05 bits per heavy atom. The molecular formula is C17H19NO. The highest BCUT2D eigenvalue weighted by Gasteiger charge is 2.10. The van der Waals surface area contributed by atoms with Crippen LogP contribution in [0.1, 0.15) is 20.3 Å². The molecule has 0 spiro atoms. The number of rotatable bonds is 4. The fourth-order valence-corrected chi connectivity index (χ4v) is 1.86. The monoisotopic (exact) mass is 253 g/mol. The second kappa shape index (κ2) is 6.19. The van der Waals surface area contributed by atoms with Crippen LogP contribution in [0.2, 0.25) is 0 Å². The van der Waals surface area contributed by atoms with E-state index in [1.807, 2.05) is 56.3 Å². The maximum absolute atomic E-state index is 11.9. The van der Waals surface area contributed by atoms with Crippen LogP contribution in [-0.4, -0.2) is 5.91 Å². The molecule has 0 unspecified atom stereocenters. The molecule has 2 aromatic carbocycles. The number of nitrogens with one attached hydrogen (secondary N) is 1. The lowest BCUT2D eigenvalue weighted by molar-refractivity contribution is -0.119. The number of hydrogen-bond donors (Lipinski definition) is 1. The summed E-state index contributed by atoms with van der Waals surface area (Å²) < 4.78 is 0. The highest BCUT2D eigenvalue weighted by atomic mass is 16.1. The summed E-state index contributed by atoms with van der Waals surface area (Å²) in [6.45, 7) is 3.96. The molecule has 0 radical (unpaired) electrons. The van der Waals surface area contributed by atoms with Crippen molar-refractivity contribution in [2.24, 2.45) is 5.92 Å². The Hall–Kier alpha value is -2.09. The Labute approximate surface area is 114 Å². The Balaban J connectivity index is 2.19. The Kier molecular flexibility index (Phi) is 4.35. The van der Waals surface area contributed by atoms with Crippen molar-refractivity contribution >= 4 is 11.6 Å². The molecule has 0 saturated heterocycles. The van der Waals surface area contributed by atoms with E-state index in [2.05, 4.69) is 17.4 Å². The lowest BCUT2D eigenvalue weighted by atomic mass is 10.0. The lowest BCUT2D eigenvalue weighted by Gasteiger charge is -2.11. The first-order valence-electron chi connectivity index (χ1n) is 6.67. The van der Waals surface area contributed by atoms with Gasteiger partial charge in [-0.3, -0.25) is 4.79 Å². The number of carbonyl (C=O) groups is 1. The molecule has 0 aromatic heterocycles. The fourth-order valence-electron chi connectivity index (χ4n) is 1.86. The molecule has 0 saturated carbocycles. The average Bonchev–Trinajstić information content (AvgIpc) is 2.47. The molecule has 0 fully saturated rings. The van der Waals surface area contributed by atoms with E-state index in [1.165, 1.54) is 0 Å². The molecule has 0 bridgehead atoms. The summed E-state index contributed by atoms with van der Waals surface area (Å²) >= 11 is 0. The minimum atomic E-state index is 0.0420. The van der Waals surface area contributed by atoms with Crippen molar-refractivity contribution in [3.05, 3.63) is 54.6 Å². The molecule has 0 heterocycles. The molecule has 1 N–H and O–H groups in total. The summed E-state index contributed by atoms with van der Waals surface area (Å²) in [6, 6.07) is 18.1. The Morgan fingerprint density at radius 3 is 2.42 bits per heavy atom. The van der Waals surface area contributed by atoms with E-state index in [1.54, 1.807) is 0 Å². The quantitative estimate of drug-likeness (QED) is 0.863. The normalized spacial score (nSPS) is 11.9. The summed E-state index contributed by atoms with van der Waals surface area (Å²) in [7, 11) is 0. The SMILES string of the molecule is CC[C@@H](C)C(=O)Nc1cccc(-c2ccccc2)c1. The van der Waals surface area contributed by atoms with Crippen molar-refractivity contribution in [1.29, 1.82) is 0 Å². The second-order valence-electron chi connectivity index (χ2n) is 4.75. The van der Waals surface area contributed by atoms with E-state index in [0.717, 1.165) is 23.2 Å². The summed E-state index contributed by atoms with van der Waals surface area (Å²) in [4.78, 5) is 11.9. The van der Waals surface area contributed by atoms with Crippen LogP contribution in [0.3, 0.4) is 0 Å². The number of anilines is 1. The molecule has 0 aliphatic rings. The largest absolute Gasteiger partial charge is 0.326 e. The maximum atomic E-state index is 11.9. The number of carbonyl (C=O) groups excluding carboxylic acids is 1. The lowest BCUT2D eigenvalue weighted by Crippen LogP contribution is -2.19. The van der Waals surface area contributed by atoms with Gasteiger partial charge in [-0.25, -0.2) is 0 Å². The number of benzene rings is 2. The molecular weight excluding hydrogens is 234 g/mol. The van der Waals surface area contributed by atoms with Gasteiger partial charge in [-0.1, -0.05) is 56.3 Å². The van der Waals surface area contributed by atoms with E-state index in [9.17, 15) is 4.79 Å². The van der Waals surface area contributed by atoms with Gasteiger partial charge in [-0.05, 0) is 29.7 Å². The van der Waals surface area contributed by atoms with Crippen LogP contribution in [0.4, 0.5) is 5.69 Å². The minimum absolute atomic E-state index is 0.0420. The zero-order valence-corrected chi connectivity index (χ0v) is 11.4. The van der Waals surface area contributed by atoms with Crippen molar-refractivity contribution in [1.82, 2.24) is 0 Å². The van der Waals surface area contributed by atoms with Crippen LogP contribution < -0.4 is 5.32 Å². The van der Waals surface area contributed by atoms with Gasteiger partial charge in [-0.2, -0.15) is 0 Å². The predicted octanol–water partition coefficient (Wildman–Crippen LogP) is 4.34. The Bertz CT molecular complexity index is 548. The molecule has 2 heteroatoms. The van der Waals surface area contributed by atoms with Gasteiger partial charge in [0.2, 0.25) is 5.91 Å². The van der Waals surface area contributed by atoms with Crippen molar-refractivity contribution < 1.29 is 4.79 Å². The number of hydrogen-bond acceptors (Lipinski definition) is 1. The third-order valence-corrected chi connectivity index (χ3v) is 3.30. The zero-order chi connectivity index (χ0) is 13.7. The maximum Gasteiger partial charge on any atom is 0.227 e. The van der Waals surface area contributed by atoms with Crippen LogP contribution in [0, 0.1) is 5.92 Å². The molecule has 2 nitrogen and oxygen atoms in total. The first-order chi connectivity index (χ1) is 9.20. The second-order valence-corrected chi connectivity index (χ2v) is 4.75. The third-order valence-electron chi connectivity index (χ3n) is 3.30. The van der Waals surface area contributed by atoms with E-state index in [-0.39, 0.29) is 11.8 Å². The predicted molar refractivity (Wildman–Crippen MR) is 80.0 cm³/mol. The third kappa shape index (κ3) is 3.44. The van der Waals surface area contributed by atoms with Crippen LogP contribution in [0.25, 0.3) is 11.1 Å². The van der Waals surface area contributed by atoms with Crippen molar-refractivity contribution in [3.8, 4) is 11.1 Å². The molecule has 0 aliphatic heterocycles. The zero-order valence-electron chi connectivity index (χ0n) is 11.4. The molecule has 2 rings (SSSR count). The van der Waals surface area contributed by atoms with Crippen LogP contribution in [-0.2, 0) is 4.79 Å². The van der Waals surface area contributed by atoms with Gasteiger partial charge in [0.1, 0.15) is 0 Å². The summed E-state index contributed by atoms with van der Waals surface area (Å²) in [5.74, 6) is 0.119. The van der Waals surface area contributed by atoms with E-state index in [0.29, 0.717) is 0 Å². The van der Waals surface area contributed by atoms with E-state index in [4.69, 9.17) is 0 Å². The van der Waals surface area contributed by atoms with Gasteiger partial charge in [0, 0.05) is 11.6 Å². The summed E-state index contributed by atoms with van der Waals surface area (Å²) in [5.41, 5.74) is 3.12. The van der Waals surface area contributed by atoms with Crippen LogP contribution in [0.5, 0.6) is 0 Å². The first-order valence-corrected chi connectivity index (χ1v) is 6.67. The molecule has 1 amide bonds. The summed E-state index contributed by atoms with van der Waals surface area (Å²) in [5, 5.41) is 2.96. The van der Waals surface area contributed by atoms with Gasteiger partial charge in [-0.15, -0.1) is 0 Å². The van der Waals surface area contributed by atoms with E-state index < -0.39 is 0 Å². The van der Waals surface area contributed by atoms with Gasteiger partial charge >= 0.3 is 0 Å². The average molecular weight is 253 g/mol. The summed E-state index contributed by atoms with van der Waals surface area (Å²) in [6.07, 6.45) is 0.851. The highest BCUT2D eigenvalue weighted by molar-refractivity contribution is 5.92. The van der Waals surface area contributed by atoms with Gasteiger partial charge in [0.25, 0.3) is 0 Å². The van der Waals surface area contributed by atoms with Crippen molar-refractivity contribution in [2.75, 3.05) is 5.32 Å². The fraction of sp³-hybridized carbons (Fsp3) is 0.235. The van der Waals surface area contributed by atoms with Gasteiger partial charge in [0.05, 0.1) is 0 Å². The minimum Gasteiger partial charge on any atom is -0.326 e. The van der Waals surface area contributed by atoms with Gasteiger partial charge < -0.3 is 5.32 Å². The van der Waals surface area contributed by atoms with E-state index >= 15 is 0 Å². The smallest absolute Gasteiger partial charge is 0.227 e. The Morgan fingerprint density at radius 2 is 1.74 bits per heavy atom. The molecule has 19 heavy (non-hydrogen) atoms. The highest BCUT2D eigenvalue weighted by Crippen LogP contribution is 2.22. The van der Waals surface area contributed by atoms with Crippen molar-refractivity contribution in [3.63, 3.8) is 0 Å². The topological polar surface area (TPSA) is 29.1 Å². The van der Waals surface area contributed by atoms with Gasteiger partial charge in [0.15, 0.2) is 0 Å². The molecule has 2 aromatic rings. The standard InChI is InChI=1S/C17H19NO/c1-3-13(2)17(19)18-16-11-7-10-15(12-16)14-8-5-4-6-9-14/h4-13H,3H2,1-2H3,(H,18,19)/t13-/m1/s1. The van der Waals surface area contributed by atoms with Crippen LogP contribution in [0.15, 0.2) is 54.6 Å².